The Morgan fingerprint density at radius 3 is 2.31 bits per heavy atom. The van der Waals surface area contributed by atoms with Crippen molar-refractivity contribution in [2.45, 2.75) is 30.8 Å². The van der Waals surface area contributed by atoms with Gasteiger partial charge in [0.1, 0.15) is 5.82 Å². The molecule has 1 amide bonds. The Labute approximate surface area is 186 Å². The molecule has 0 aromatic heterocycles. The fraction of sp³-hybridized carbons (Fsp3) is 0.381. The van der Waals surface area contributed by atoms with Crippen LogP contribution in [0.25, 0.3) is 0 Å². The summed E-state index contributed by atoms with van der Waals surface area (Å²) in [6, 6.07) is 10.1. The average Bonchev–Trinajstić information content (AvgIpc) is 2.79. The molecule has 172 valence electrons. The molecule has 2 aromatic rings. The normalized spacial score (nSPS) is 17.5. The lowest BCUT2D eigenvalue weighted by atomic mass is 10.1. The van der Waals surface area contributed by atoms with Crippen LogP contribution in [-0.4, -0.2) is 60.7 Å². The number of benzene rings is 2. The summed E-state index contributed by atoms with van der Waals surface area (Å²) < 4.78 is 40.1. The number of nitrogens with one attached hydrogen (secondary N) is 1. The van der Waals surface area contributed by atoms with Gasteiger partial charge >= 0.3 is 0 Å². The SMILES string of the molecule is CC(NC(=O)C(C)N1CCN(S(=O)(=O)c2cccc([N+](=O)[O-])c2)CC1)c1ccc(F)cc1. The van der Waals surface area contributed by atoms with Crippen molar-refractivity contribution in [3.63, 3.8) is 0 Å². The van der Waals surface area contributed by atoms with Crippen molar-refractivity contribution in [3.05, 3.63) is 70.0 Å². The van der Waals surface area contributed by atoms with Crippen LogP contribution >= 0.6 is 0 Å². The summed E-state index contributed by atoms with van der Waals surface area (Å²) in [6.07, 6.45) is 0. The number of carbonyl (C=O) groups is 1. The van der Waals surface area contributed by atoms with Crippen molar-refractivity contribution in [3.8, 4) is 0 Å². The number of amides is 1. The van der Waals surface area contributed by atoms with Gasteiger partial charge in [-0.15, -0.1) is 0 Å². The van der Waals surface area contributed by atoms with Gasteiger partial charge in [-0.3, -0.25) is 19.8 Å². The minimum Gasteiger partial charge on any atom is -0.348 e. The Bertz CT molecular complexity index is 1090. The van der Waals surface area contributed by atoms with Crippen LogP contribution in [-0.2, 0) is 14.8 Å². The number of nitro benzene ring substituents is 1. The number of non-ortho nitro benzene ring substituents is 1. The van der Waals surface area contributed by atoms with Crippen molar-refractivity contribution < 1.29 is 22.5 Å². The van der Waals surface area contributed by atoms with Crippen LogP contribution in [0.2, 0.25) is 0 Å². The number of sulfonamides is 1. The number of carbonyl (C=O) groups excluding carboxylic acids is 1. The third-order valence-electron chi connectivity index (χ3n) is 5.60. The minimum atomic E-state index is -3.87. The van der Waals surface area contributed by atoms with Crippen LogP contribution in [0.15, 0.2) is 53.4 Å². The van der Waals surface area contributed by atoms with E-state index in [0.717, 1.165) is 11.6 Å². The van der Waals surface area contributed by atoms with Crippen LogP contribution in [0, 0.1) is 15.9 Å². The van der Waals surface area contributed by atoms with E-state index in [9.17, 15) is 27.7 Å². The molecule has 2 unspecified atom stereocenters. The molecule has 9 nitrogen and oxygen atoms in total. The van der Waals surface area contributed by atoms with Crippen molar-refractivity contribution in [2.24, 2.45) is 0 Å². The minimum absolute atomic E-state index is 0.126. The maximum Gasteiger partial charge on any atom is 0.270 e. The lowest BCUT2D eigenvalue weighted by Crippen LogP contribution is -2.55. The standard InChI is InChI=1S/C21H25FN4O5S/c1-15(17-6-8-18(22)9-7-17)23-21(27)16(2)24-10-12-25(13-11-24)32(30,31)20-5-3-4-19(14-20)26(28)29/h3-9,14-16H,10-13H2,1-2H3,(H,23,27). The van der Waals surface area contributed by atoms with E-state index in [1.54, 1.807) is 26.0 Å². The third kappa shape index (κ3) is 5.29. The fourth-order valence-electron chi connectivity index (χ4n) is 3.57. The van der Waals surface area contributed by atoms with Crippen molar-refractivity contribution in [2.75, 3.05) is 26.2 Å². The van der Waals surface area contributed by atoms with Crippen molar-refractivity contribution >= 4 is 21.6 Å². The molecule has 1 aliphatic rings. The van der Waals surface area contributed by atoms with Gasteiger partial charge in [0.15, 0.2) is 0 Å². The molecule has 0 radical (unpaired) electrons. The second-order valence-electron chi connectivity index (χ2n) is 7.65. The molecule has 1 N–H and O–H groups in total. The second-order valence-corrected chi connectivity index (χ2v) is 9.59. The number of piperazine rings is 1. The van der Waals surface area contributed by atoms with E-state index < -0.39 is 21.0 Å². The van der Waals surface area contributed by atoms with Gasteiger partial charge in [-0.05, 0) is 37.6 Å². The Hall–Kier alpha value is -2.89. The number of hydrogen-bond donors (Lipinski definition) is 1. The van der Waals surface area contributed by atoms with Crippen molar-refractivity contribution in [1.29, 1.82) is 0 Å². The Morgan fingerprint density at radius 2 is 1.72 bits per heavy atom. The predicted octanol–water partition coefficient (Wildman–Crippen LogP) is 2.31. The van der Waals surface area contributed by atoms with E-state index >= 15 is 0 Å². The number of hydrogen-bond acceptors (Lipinski definition) is 6. The van der Waals surface area contributed by atoms with Crippen molar-refractivity contribution in [1.82, 2.24) is 14.5 Å². The molecule has 3 rings (SSSR count). The van der Waals surface area contributed by atoms with Gasteiger partial charge in [-0.1, -0.05) is 18.2 Å². The van der Waals surface area contributed by atoms with Gasteiger partial charge in [0.05, 0.1) is 21.9 Å². The molecule has 0 spiro atoms. The van der Waals surface area contributed by atoms with Crippen LogP contribution in [0.1, 0.15) is 25.5 Å². The van der Waals surface area contributed by atoms with E-state index in [1.165, 1.54) is 34.6 Å². The number of halogens is 1. The molecule has 32 heavy (non-hydrogen) atoms. The largest absolute Gasteiger partial charge is 0.348 e. The molecule has 0 saturated carbocycles. The zero-order chi connectivity index (χ0) is 23.5. The monoisotopic (exact) mass is 464 g/mol. The highest BCUT2D eigenvalue weighted by Crippen LogP contribution is 2.22. The van der Waals surface area contributed by atoms with Gasteiger partial charge in [0.25, 0.3) is 5.69 Å². The first-order valence-corrected chi connectivity index (χ1v) is 11.6. The van der Waals surface area contributed by atoms with Crippen LogP contribution in [0.4, 0.5) is 10.1 Å². The Kier molecular flexibility index (Phi) is 7.22. The van der Waals surface area contributed by atoms with Gasteiger partial charge in [-0.2, -0.15) is 4.31 Å². The summed E-state index contributed by atoms with van der Waals surface area (Å²) in [5.74, 6) is -0.560. The van der Waals surface area contributed by atoms with Crippen LogP contribution in [0.3, 0.4) is 0 Å². The molecule has 2 atom stereocenters. The predicted molar refractivity (Wildman–Crippen MR) is 116 cm³/mol. The number of rotatable bonds is 7. The van der Waals surface area contributed by atoms with Crippen LogP contribution in [0.5, 0.6) is 0 Å². The maximum absolute atomic E-state index is 13.1. The van der Waals surface area contributed by atoms with Crippen LogP contribution < -0.4 is 5.32 Å². The summed E-state index contributed by atoms with van der Waals surface area (Å²) >= 11 is 0. The van der Waals surface area contributed by atoms with E-state index in [2.05, 4.69) is 5.32 Å². The summed E-state index contributed by atoms with van der Waals surface area (Å²) in [5, 5.41) is 13.9. The highest BCUT2D eigenvalue weighted by Gasteiger charge is 2.32. The average molecular weight is 465 g/mol. The summed E-state index contributed by atoms with van der Waals surface area (Å²) in [4.78, 5) is 24.7. The second kappa shape index (κ2) is 9.72. The highest BCUT2D eigenvalue weighted by molar-refractivity contribution is 7.89. The molecule has 1 aliphatic heterocycles. The first-order chi connectivity index (χ1) is 15.1. The van der Waals surface area contributed by atoms with Gasteiger partial charge in [0.2, 0.25) is 15.9 Å². The molecule has 2 aromatic carbocycles. The maximum atomic E-state index is 13.1. The molecule has 1 fully saturated rings. The molecule has 0 aliphatic carbocycles. The van der Waals surface area contributed by atoms with Gasteiger partial charge < -0.3 is 5.32 Å². The fourth-order valence-corrected chi connectivity index (χ4v) is 5.03. The number of nitrogens with zero attached hydrogens (tertiary/aromatic N) is 3. The highest BCUT2D eigenvalue weighted by atomic mass is 32.2. The lowest BCUT2D eigenvalue weighted by molar-refractivity contribution is -0.385. The molecule has 1 saturated heterocycles. The lowest BCUT2D eigenvalue weighted by Gasteiger charge is -2.37. The molecule has 1 heterocycles. The van der Waals surface area contributed by atoms with E-state index in [-0.39, 0.29) is 41.4 Å². The third-order valence-corrected chi connectivity index (χ3v) is 7.49. The van der Waals surface area contributed by atoms with E-state index in [4.69, 9.17) is 0 Å². The van der Waals surface area contributed by atoms with E-state index in [0.29, 0.717) is 13.1 Å². The topological polar surface area (TPSA) is 113 Å². The summed E-state index contributed by atoms with van der Waals surface area (Å²) in [5.41, 5.74) is 0.491. The summed E-state index contributed by atoms with van der Waals surface area (Å²) in [6.45, 7) is 4.56. The molecular formula is C21H25FN4O5S. The molecule has 0 bridgehead atoms. The Balaban J connectivity index is 1.59. The molecule has 11 heteroatoms. The zero-order valence-corrected chi connectivity index (χ0v) is 18.6. The Morgan fingerprint density at radius 1 is 1.09 bits per heavy atom. The zero-order valence-electron chi connectivity index (χ0n) is 17.8. The first kappa shape index (κ1) is 23.8. The first-order valence-electron chi connectivity index (χ1n) is 10.1. The summed E-state index contributed by atoms with van der Waals surface area (Å²) in [7, 11) is -3.87. The number of nitro groups is 1. The van der Waals surface area contributed by atoms with Gasteiger partial charge in [0, 0.05) is 38.3 Å². The molecular weight excluding hydrogens is 439 g/mol. The smallest absolute Gasteiger partial charge is 0.270 e. The van der Waals surface area contributed by atoms with Gasteiger partial charge in [-0.25, -0.2) is 12.8 Å². The van der Waals surface area contributed by atoms with E-state index in [1.807, 2.05) is 4.90 Å². The quantitative estimate of drug-likeness (QED) is 0.497.